The molecule has 0 spiro atoms. The fourth-order valence-electron chi connectivity index (χ4n) is 4.87. The molecular weight excluding hydrogens is 730 g/mol. The third-order valence-corrected chi connectivity index (χ3v) is 8.91. The summed E-state index contributed by atoms with van der Waals surface area (Å²) in [5.41, 5.74) is 2.48. The van der Waals surface area contributed by atoms with Gasteiger partial charge in [-0.25, -0.2) is 9.79 Å². The second-order valence-electron chi connectivity index (χ2n) is 9.82. The Morgan fingerprint density at radius 2 is 1.78 bits per heavy atom. The highest BCUT2D eigenvalue weighted by Crippen LogP contribution is 2.35. The quantitative estimate of drug-likeness (QED) is 0.107. The van der Waals surface area contributed by atoms with Crippen LogP contribution in [0.1, 0.15) is 43.5 Å². The maximum absolute atomic E-state index is 14.1. The molecule has 1 aliphatic rings. The highest BCUT2D eigenvalue weighted by molar-refractivity contribution is 9.11. The summed E-state index contributed by atoms with van der Waals surface area (Å²) < 4.78 is 20.4. The van der Waals surface area contributed by atoms with E-state index in [0.29, 0.717) is 48.7 Å². The lowest BCUT2D eigenvalue weighted by atomic mass is 9.96. The second kappa shape index (κ2) is 13.9. The van der Waals surface area contributed by atoms with Crippen LogP contribution in [0.2, 0.25) is 0 Å². The van der Waals surface area contributed by atoms with E-state index < -0.39 is 16.9 Å². The largest absolute Gasteiger partial charge is 0.494 e. The smallest absolute Gasteiger partial charge is 0.338 e. The molecule has 4 aromatic rings. The Balaban J connectivity index is 1.60. The van der Waals surface area contributed by atoms with Gasteiger partial charge < -0.3 is 14.2 Å². The Labute approximate surface area is 278 Å². The predicted molar refractivity (Wildman–Crippen MR) is 177 cm³/mol. The number of benzene rings is 3. The molecule has 0 N–H and O–H groups in total. The molecule has 0 saturated carbocycles. The Bertz CT molecular complexity index is 1980. The molecule has 0 unspecified atom stereocenters. The van der Waals surface area contributed by atoms with Gasteiger partial charge in [-0.15, -0.1) is 0 Å². The van der Waals surface area contributed by atoms with Crippen LogP contribution in [0.5, 0.6) is 11.5 Å². The first-order valence-corrected chi connectivity index (χ1v) is 16.3. The minimum absolute atomic E-state index is 0.00970. The molecule has 2 heterocycles. The SMILES string of the molecule is CCOC(=O)C1=C(C)N=c2s/c(=C\c3cc(Br)cc(Br)c3OCc3ccc([N+](=O)[O-])cc3)c(=O)n2[C@H]1c1ccc(OCC)cc1. The first kappa shape index (κ1) is 32.3. The lowest BCUT2D eigenvalue weighted by Crippen LogP contribution is -2.39. The fourth-order valence-corrected chi connectivity index (χ4v) is 7.28. The molecule has 0 amide bonds. The van der Waals surface area contributed by atoms with Crippen LogP contribution in [0.4, 0.5) is 5.69 Å². The summed E-state index contributed by atoms with van der Waals surface area (Å²) in [6, 6.07) is 16.3. The number of allylic oxidation sites excluding steroid dienone is 1. The van der Waals surface area contributed by atoms with Crippen LogP contribution in [0.15, 0.2) is 90.7 Å². The van der Waals surface area contributed by atoms with Crippen molar-refractivity contribution in [1.82, 2.24) is 4.57 Å². The Morgan fingerprint density at radius 3 is 2.42 bits per heavy atom. The zero-order valence-electron chi connectivity index (χ0n) is 24.4. The van der Waals surface area contributed by atoms with Gasteiger partial charge in [0, 0.05) is 22.2 Å². The minimum Gasteiger partial charge on any atom is -0.494 e. The van der Waals surface area contributed by atoms with Crippen molar-refractivity contribution >= 4 is 60.9 Å². The Hall–Kier alpha value is -4.07. The Morgan fingerprint density at radius 1 is 1.07 bits per heavy atom. The van der Waals surface area contributed by atoms with E-state index in [1.165, 1.54) is 28.0 Å². The lowest BCUT2D eigenvalue weighted by Gasteiger charge is -2.24. The Kier molecular flexibility index (Phi) is 10.0. The number of nitrogens with zero attached hydrogens (tertiary/aromatic N) is 3. The molecule has 1 atom stereocenters. The number of rotatable bonds is 10. The average Bonchev–Trinajstić information content (AvgIpc) is 3.30. The first-order chi connectivity index (χ1) is 21.6. The molecule has 3 aromatic carbocycles. The summed E-state index contributed by atoms with van der Waals surface area (Å²) in [7, 11) is 0. The number of nitro groups is 1. The molecule has 0 saturated heterocycles. The standard InChI is InChI=1S/C32H27Br2N3O7S/c1-4-42-24-12-8-20(9-13-24)28-27(31(39)43-5-2)18(3)35-32-36(28)30(38)26(45-32)15-21-14-22(33)16-25(34)29(21)44-17-19-6-10-23(11-7-19)37(40)41/h6-16,28H,4-5,17H2,1-3H3/b26-15-/t28-/m0/s1. The number of hydrogen-bond donors (Lipinski definition) is 0. The predicted octanol–water partition coefficient (Wildman–Crippen LogP) is 6.21. The van der Waals surface area contributed by atoms with E-state index in [2.05, 4.69) is 36.9 Å². The van der Waals surface area contributed by atoms with Crippen LogP contribution in [-0.4, -0.2) is 28.7 Å². The molecule has 5 rings (SSSR count). The third-order valence-electron chi connectivity index (χ3n) is 6.88. The number of aromatic nitrogens is 1. The highest BCUT2D eigenvalue weighted by atomic mass is 79.9. The number of halogens is 2. The molecule has 0 aliphatic carbocycles. The normalized spacial score (nSPS) is 14.5. The molecule has 10 nitrogen and oxygen atoms in total. The molecular formula is C32H27Br2N3O7S. The summed E-state index contributed by atoms with van der Waals surface area (Å²) in [5, 5.41) is 11.0. The van der Waals surface area contributed by atoms with Crippen molar-refractivity contribution in [3.63, 3.8) is 0 Å². The van der Waals surface area contributed by atoms with Gasteiger partial charge in [-0.2, -0.15) is 0 Å². The van der Waals surface area contributed by atoms with Crippen LogP contribution < -0.4 is 24.4 Å². The van der Waals surface area contributed by atoms with Crippen molar-refractivity contribution in [2.24, 2.45) is 4.99 Å². The minimum atomic E-state index is -0.759. The number of carbonyl (C=O) groups excluding carboxylic acids is 1. The van der Waals surface area contributed by atoms with Crippen molar-refractivity contribution in [2.75, 3.05) is 13.2 Å². The van der Waals surface area contributed by atoms with Gasteiger partial charge in [0.2, 0.25) is 0 Å². The van der Waals surface area contributed by atoms with E-state index >= 15 is 0 Å². The van der Waals surface area contributed by atoms with E-state index in [9.17, 15) is 19.7 Å². The fraction of sp³-hybridized carbons (Fsp3) is 0.219. The number of thiazole rings is 1. The van der Waals surface area contributed by atoms with E-state index in [1.54, 1.807) is 44.2 Å². The van der Waals surface area contributed by atoms with Gasteiger partial charge in [-0.3, -0.25) is 19.5 Å². The highest BCUT2D eigenvalue weighted by Gasteiger charge is 2.33. The summed E-state index contributed by atoms with van der Waals surface area (Å²) in [5.74, 6) is 0.618. The molecule has 45 heavy (non-hydrogen) atoms. The number of carbonyl (C=O) groups is 1. The van der Waals surface area contributed by atoms with E-state index in [4.69, 9.17) is 14.2 Å². The number of fused-ring (bicyclic) bond motifs is 1. The molecule has 1 aromatic heterocycles. The van der Waals surface area contributed by atoms with E-state index in [1.807, 2.05) is 31.2 Å². The van der Waals surface area contributed by atoms with E-state index in [0.717, 1.165) is 10.0 Å². The second-order valence-corrected chi connectivity index (χ2v) is 12.6. The molecule has 0 radical (unpaired) electrons. The summed E-state index contributed by atoms with van der Waals surface area (Å²) in [6.45, 7) is 6.18. The van der Waals surface area contributed by atoms with Crippen molar-refractivity contribution in [1.29, 1.82) is 0 Å². The number of non-ortho nitro benzene ring substituents is 1. The zero-order chi connectivity index (χ0) is 32.2. The van der Waals surface area contributed by atoms with Gasteiger partial charge in [0.25, 0.3) is 11.2 Å². The van der Waals surface area contributed by atoms with Gasteiger partial charge in [0.15, 0.2) is 4.80 Å². The number of esters is 1. The first-order valence-electron chi connectivity index (χ1n) is 13.9. The van der Waals surface area contributed by atoms with Crippen molar-refractivity contribution < 1.29 is 23.9 Å². The summed E-state index contributed by atoms with van der Waals surface area (Å²) in [6.07, 6.45) is 1.73. The molecule has 0 fully saturated rings. The molecule has 13 heteroatoms. The van der Waals surface area contributed by atoms with Crippen molar-refractivity contribution in [2.45, 2.75) is 33.4 Å². The van der Waals surface area contributed by atoms with Crippen LogP contribution in [0.25, 0.3) is 6.08 Å². The lowest BCUT2D eigenvalue weighted by molar-refractivity contribution is -0.384. The van der Waals surface area contributed by atoms with Gasteiger partial charge in [0.05, 0.1) is 44.5 Å². The van der Waals surface area contributed by atoms with Crippen LogP contribution in [0.3, 0.4) is 0 Å². The summed E-state index contributed by atoms with van der Waals surface area (Å²) in [4.78, 5) is 43.0. The number of ether oxygens (including phenoxy) is 3. The maximum atomic E-state index is 14.1. The van der Waals surface area contributed by atoms with Crippen molar-refractivity contribution in [3.8, 4) is 11.5 Å². The topological polar surface area (TPSA) is 122 Å². The molecule has 1 aliphatic heterocycles. The van der Waals surface area contributed by atoms with Crippen LogP contribution in [-0.2, 0) is 16.1 Å². The number of hydrogen-bond acceptors (Lipinski definition) is 9. The average molecular weight is 757 g/mol. The molecule has 232 valence electrons. The van der Waals surface area contributed by atoms with Crippen LogP contribution in [0, 0.1) is 10.1 Å². The van der Waals surface area contributed by atoms with Gasteiger partial charge in [-0.05, 0) is 90.3 Å². The summed E-state index contributed by atoms with van der Waals surface area (Å²) >= 11 is 8.29. The van der Waals surface area contributed by atoms with Gasteiger partial charge >= 0.3 is 5.97 Å². The zero-order valence-corrected chi connectivity index (χ0v) is 28.4. The van der Waals surface area contributed by atoms with Gasteiger partial charge in [-0.1, -0.05) is 39.4 Å². The number of nitro benzene ring substituents is 1. The van der Waals surface area contributed by atoms with E-state index in [-0.39, 0.29) is 30.0 Å². The maximum Gasteiger partial charge on any atom is 0.338 e. The van der Waals surface area contributed by atoms with Gasteiger partial charge in [0.1, 0.15) is 18.1 Å². The van der Waals surface area contributed by atoms with Crippen LogP contribution >= 0.6 is 43.2 Å². The monoisotopic (exact) mass is 755 g/mol. The third kappa shape index (κ3) is 6.95. The van der Waals surface area contributed by atoms with Crippen molar-refractivity contribution in [3.05, 3.63) is 127 Å². The molecule has 0 bridgehead atoms.